The highest BCUT2D eigenvalue weighted by Crippen LogP contribution is 2.26. The molecule has 0 atom stereocenters. The van der Waals surface area contributed by atoms with Crippen LogP contribution in [0.4, 0.5) is 14.5 Å². The van der Waals surface area contributed by atoms with E-state index in [4.69, 9.17) is 16.0 Å². The number of aromatic nitrogens is 1. The Bertz CT molecular complexity index is 1030. The molecule has 3 rings (SSSR count). The highest BCUT2D eigenvalue weighted by molar-refractivity contribution is 6.30. The first-order chi connectivity index (χ1) is 14.3. The Hall–Kier alpha value is -3.26. The van der Waals surface area contributed by atoms with Crippen LogP contribution < -0.4 is 5.32 Å². The third-order valence-corrected chi connectivity index (χ3v) is 4.50. The number of halogens is 3. The summed E-state index contributed by atoms with van der Waals surface area (Å²) in [7, 11) is 1.50. The number of likely N-dealkylation sites (N-methyl/N-ethyl adjacent to an activating group) is 1. The van der Waals surface area contributed by atoms with E-state index in [0.717, 1.165) is 12.1 Å². The van der Waals surface area contributed by atoms with E-state index in [2.05, 4.69) is 10.3 Å². The standard InChI is InChI=1S/C21H18ClF2N3O3/c1-27(12-18(28)26-14-7-5-13(22)6-8-14)20(29)10-9-19-25-11-17(30-19)21-15(23)3-2-4-16(21)24/h2-8,11H,9-10,12H2,1H3,(H,26,28). The fraction of sp³-hybridized carbons (Fsp3) is 0.190. The predicted molar refractivity (Wildman–Crippen MR) is 108 cm³/mol. The molecule has 156 valence electrons. The van der Waals surface area contributed by atoms with E-state index in [1.54, 1.807) is 24.3 Å². The van der Waals surface area contributed by atoms with Crippen LogP contribution in [0.1, 0.15) is 12.3 Å². The summed E-state index contributed by atoms with van der Waals surface area (Å²) in [6, 6.07) is 10.1. The average molecular weight is 434 g/mol. The zero-order valence-corrected chi connectivity index (χ0v) is 16.7. The first-order valence-electron chi connectivity index (χ1n) is 9.02. The summed E-state index contributed by atoms with van der Waals surface area (Å²) in [6.07, 6.45) is 1.35. The largest absolute Gasteiger partial charge is 0.441 e. The number of amides is 2. The molecule has 3 aromatic rings. The van der Waals surface area contributed by atoms with Crippen molar-refractivity contribution in [1.29, 1.82) is 0 Å². The summed E-state index contributed by atoms with van der Waals surface area (Å²) < 4.78 is 33.0. The van der Waals surface area contributed by atoms with Crippen LogP contribution in [0.2, 0.25) is 5.02 Å². The van der Waals surface area contributed by atoms with E-state index in [0.29, 0.717) is 10.7 Å². The molecule has 30 heavy (non-hydrogen) atoms. The fourth-order valence-electron chi connectivity index (χ4n) is 2.72. The van der Waals surface area contributed by atoms with Crippen LogP contribution in [0.5, 0.6) is 0 Å². The highest BCUT2D eigenvalue weighted by atomic mass is 35.5. The first kappa shape index (κ1) is 21.4. The van der Waals surface area contributed by atoms with Gasteiger partial charge in [-0.3, -0.25) is 9.59 Å². The molecule has 1 heterocycles. The van der Waals surface area contributed by atoms with Crippen molar-refractivity contribution in [3.05, 3.63) is 71.2 Å². The van der Waals surface area contributed by atoms with Crippen LogP contribution in [0.25, 0.3) is 11.3 Å². The maximum absolute atomic E-state index is 13.8. The summed E-state index contributed by atoms with van der Waals surface area (Å²) >= 11 is 5.80. The van der Waals surface area contributed by atoms with Gasteiger partial charge < -0.3 is 14.6 Å². The van der Waals surface area contributed by atoms with E-state index < -0.39 is 11.6 Å². The van der Waals surface area contributed by atoms with Crippen molar-refractivity contribution in [2.24, 2.45) is 0 Å². The van der Waals surface area contributed by atoms with Gasteiger partial charge in [0.2, 0.25) is 11.8 Å². The van der Waals surface area contributed by atoms with Crippen LogP contribution in [0, 0.1) is 11.6 Å². The Labute approximate surface area is 176 Å². The Kier molecular flexibility index (Phi) is 6.79. The van der Waals surface area contributed by atoms with Gasteiger partial charge in [0.25, 0.3) is 0 Å². The van der Waals surface area contributed by atoms with E-state index in [1.807, 2.05) is 0 Å². The number of nitrogens with zero attached hydrogens (tertiary/aromatic N) is 2. The molecule has 0 aliphatic carbocycles. The summed E-state index contributed by atoms with van der Waals surface area (Å²) in [5.41, 5.74) is 0.261. The minimum Gasteiger partial charge on any atom is -0.441 e. The average Bonchev–Trinajstić information content (AvgIpc) is 3.16. The van der Waals surface area contributed by atoms with Crippen molar-refractivity contribution in [3.63, 3.8) is 0 Å². The lowest BCUT2D eigenvalue weighted by molar-refractivity contribution is -0.133. The number of hydrogen-bond donors (Lipinski definition) is 1. The third-order valence-electron chi connectivity index (χ3n) is 4.25. The van der Waals surface area contributed by atoms with Gasteiger partial charge in [0.15, 0.2) is 11.7 Å². The molecule has 0 fully saturated rings. The topological polar surface area (TPSA) is 75.4 Å². The number of anilines is 1. The van der Waals surface area contributed by atoms with E-state index in [-0.39, 0.29) is 48.4 Å². The third kappa shape index (κ3) is 5.42. The second kappa shape index (κ2) is 9.49. The van der Waals surface area contributed by atoms with Crippen molar-refractivity contribution in [2.75, 3.05) is 18.9 Å². The lowest BCUT2D eigenvalue weighted by Gasteiger charge is -2.16. The molecule has 2 amide bonds. The number of oxazole rings is 1. The van der Waals surface area contributed by atoms with E-state index in [9.17, 15) is 18.4 Å². The first-order valence-corrected chi connectivity index (χ1v) is 9.39. The van der Waals surface area contributed by atoms with Gasteiger partial charge in [0.05, 0.1) is 18.3 Å². The van der Waals surface area contributed by atoms with Crippen LogP contribution in [0.3, 0.4) is 0 Å². The van der Waals surface area contributed by atoms with E-state index in [1.165, 1.54) is 24.2 Å². The van der Waals surface area contributed by atoms with Crippen molar-refractivity contribution < 1.29 is 22.8 Å². The maximum atomic E-state index is 13.8. The van der Waals surface area contributed by atoms with Crippen molar-refractivity contribution in [2.45, 2.75) is 12.8 Å². The van der Waals surface area contributed by atoms with Crippen LogP contribution in [-0.2, 0) is 16.0 Å². The molecule has 0 saturated heterocycles. The second-order valence-electron chi connectivity index (χ2n) is 6.52. The number of aryl methyl sites for hydroxylation is 1. The molecular weight excluding hydrogens is 416 g/mol. The van der Waals surface area contributed by atoms with Crippen LogP contribution >= 0.6 is 11.6 Å². The van der Waals surface area contributed by atoms with Gasteiger partial charge in [-0.25, -0.2) is 13.8 Å². The number of carbonyl (C=O) groups is 2. The van der Waals surface area contributed by atoms with Gasteiger partial charge in [0.1, 0.15) is 11.6 Å². The van der Waals surface area contributed by atoms with Gasteiger partial charge in [-0.2, -0.15) is 0 Å². The van der Waals surface area contributed by atoms with Gasteiger partial charge in [-0.15, -0.1) is 0 Å². The second-order valence-corrected chi connectivity index (χ2v) is 6.96. The summed E-state index contributed by atoms with van der Waals surface area (Å²) in [6.45, 7) is -0.140. The van der Waals surface area contributed by atoms with Crippen molar-refractivity contribution in [1.82, 2.24) is 9.88 Å². The molecule has 2 aromatic carbocycles. The molecule has 0 unspecified atom stereocenters. The van der Waals surface area contributed by atoms with Crippen molar-refractivity contribution >= 4 is 29.1 Å². The Morgan fingerprint density at radius 2 is 1.80 bits per heavy atom. The van der Waals surface area contributed by atoms with Crippen LogP contribution in [0.15, 0.2) is 53.1 Å². The molecule has 0 spiro atoms. The Balaban J connectivity index is 1.52. The Morgan fingerprint density at radius 1 is 1.13 bits per heavy atom. The molecule has 0 aliphatic rings. The number of hydrogen-bond acceptors (Lipinski definition) is 4. The van der Waals surface area contributed by atoms with Gasteiger partial charge in [-0.1, -0.05) is 17.7 Å². The summed E-state index contributed by atoms with van der Waals surface area (Å²) in [5.74, 6) is -2.08. The number of benzene rings is 2. The quantitative estimate of drug-likeness (QED) is 0.602. The number of carbonyl (C=O) groups excluding carboxylic acids is 2. The Morgan fingerprint density at radius 3 is 2.47 bits per heavy atom. The molecule has 0 radical (unpaired) electrons. The van der Waals surface area contributed by atoms with Gasteiger partial charge in [0, 0.05) is 30.6 Å². The summed E-state index contributed by atoms with van der Waals surface area (Å²) in [4.78, 5) is 29.6. The molecule has 9 heteroatoms. The molecule has 0 bridgehead atoms. The van der Waals surface area contributed by atoms with Gasteiger partial charge >= 0.3 is 0 Å². The SMILES string of the molecule is CN(CC(=O)Nc1ccc(Cl)cc1)C(=O)CCc1ncc(-c2c(F)cccc2F)o1. The predicted octanol–water partition coefficient (Wildman–Crippen LogP) is 4.30. The highest BCUT2D eigenvalue weighted by Gasteiger charge is 2.18. The molecule has 1 aromatic heterocycles. The molecule has 0 aliphatic heterocycles. The van der Waals surface area contributed by atoms with Crippen molar-refractivity contribution in [3.8, 4) is 11.3 Å². The smallest absolute Gasteiger partial charge is 0.243 e. The van der Waals surface area contributed by atoms with Crippen LogP contribution in [-0.4, -0.2) is 35.3 Å². The maximum Gasteiger partial charge on any atom is 0.243 e. The summed E-state index contributed by atoms with van der Waals surface area (Å²) in [5, 5.41) is 3.22. The molecular formula is C21H18ClF2N3O3. The van der Waals surface area contributed by atoms with Gasteiger partial charge in [-0.05, 0) is 36.4 Å². The minimum absolute atomic E-state index is 0.0183. The fourth-order valence-corrected chi connectivity index (χ4v) is 2.84. The number of rotatable bonds is 7. The normalized spacial score (nSPS) is 10.7. The molecule has 0 saturated carbocycles. The lowest BCUT2D eigenvalue weighted by Crippen LogP contribution is -2.35. The molecule has 6 nitrogen and oxygen atoms in total. The lowest BCUT2D eigenvalue weighted by atomic mass is 10.1. The minimum atomic E-state index is -0.764. The zero-order valence-electron chi connectivity index (χ0n) is 16.0. The monoisotopic (exact) mass is 433 g/mol. The zero-order chi connectivity index (χ0) is 21.7. The molecule has 1 N–H and O–H groups in total. The van der Waals surface area contributed by atoms with E-state index >= 15 is 0 Å². The number of nitrogens with one attached hydrogen (secondary N) is 1.